The molecule has 0 aromatic carbocycles. The Morgan fingerprint density at radius 2 is 2.17 bits per heavy atom. The molecule has 3 fully saturated rings. The van der Waals surface area contributed by atoms with Crippen LogP contribution in [0.3, 0.4) is 0 Å². The van der Waals surface area contributed by atoms with Gasteiger partial charge in [0, 0.05) is 32.8 Å². The summed E-state index contributed by atoms with van der Waals surface area (Å²) in [7, 11) is 1.68. The molecule has 2 N–H and O–H groups in total. The molecular formula is C13H25N3O2. The van der Waals surface area contributed by atoms with E-state index >= 15 is 0 Å². The van der Waals surface area contributed by atoms with Crippen molar-refractivity contribution < 1.29 is 9.53 Å². The Bertz CT molecular complexity index is 265. The number of carbonyl (C=O) groups is 1. The number of nitrogens with zero attached hydrogens (tertiary/aromatic N) is 1. The summed E-state index contributed by atoms with van der Waals surface area (Å²) in [5.74, 6) is 0.874. The number of methoxy groups -OCH3 is 1. The van der Waals surface area contributed by atoms with E-state index < -0.39 is 0 Å². The van der Waals surface area contributed by atoms with Crippen LogP contribution in [-0.4, -0.2) is 63.3 Å². The first-order valence-corrected chi connectivity index (χ1v) is 7.01. The summed E-state index contributed by atoms with van der Waals surface area (Å²) in [6.45, 7) is 5.45. The lowest BCUT2D eigenvalue weighted by atomic mass is 9.84. The molecule has 5 nitrogen and oxygen atoms in total. The van der Waals surface area contributed by atoms with Gasteiger partial charge >= 0.3 is 0 Å². The summed E-state index contributed by atoms with van der Waals surface area (Å²) < 4.78 is 4.94. The molecule has 1 atom stereocenters. The van der Waals surface area contributed by atoms with Crippen LogP contribution in [0.15, 0.2) is 0 Å². The molecule has 0 aromatic heterocycles. The Morgan fingerprint density at radius 1 is 1.39 bits per heavy atom. The number of rotatable bonds is 7. The zero-order valence-electron chi connectivity index (χ0n) is 11.3. The molecule has 0 spiro atoms. The average molecular weight is 255 g/mol. The van der Waals surface area contributed by atoms with Crippen LogP contribution >= 0.6 is 0 Å². The van der Waals surface area contributed by atoms with Crippen LogP contribution in [0.2, 0.25) is 0 Å². The average Bonchev–Trinajstić information content (AvgIpc) is 2.43. The second-order valence-electron chi connectivity index (χ2n) is 5.32. The van der Waals surface area contributed by atoms with E-state index in [0.717, 1.165) is 18.9 Å². The minimum absolute atomic E-state index is 0.0996. The van der Waals surface area contributed by atoms with Crippen molar-refractivity contribution in [2.75, 3.05) is 46.4 Å². The van der Waals surface area contributed by atoms with Crippen molar-refractivity contribution in [3.63, 3.8) is 0 Å². The van der Waals surface area contributed by atoms with Crippen molar-refractivity contribution in [1.29, 1.82) is 0 Å². The van der Waals surface area contributed by atoms with Crippen LogP contribution in [0, 0.1) is 5.92 Å². The fraction of sp³-hybridized carbons (Fsp3) is 0.923. The Labute approximate surface area is 109 Å². The van der Waals surface area contributed by atoms with E-state index in [1.807, 2.05) is 0 Å². The molecule has 0 saturated carbocycles. The van der Waals surface area contributed by atoms with Gasteiger partial charge < -0.3 is 20.3 Å². The minimum atomic E-state index is 0.0996. The summed E-state index contributed by atoms with van der Waals surface area (Å²) in [5, 5.41) is 6.31. The Balaban J connectivity index is 1.58. The summed E-state index contributed by atoms with van der Waals surface area (Å²) in [6.07, 6.45) is 3.45. The largest absolute Gasteiger partial charge is 0.385 e. The second kappa shape index (κ2) is 7.07. The van der Waals surface area contributed by atoms with Gasteiger partial charge in [-0.2, -0.15) is 0 Å². The first-order valence-electron chi connectivity index (χ1n) is 7.01. The summed E-state index contributed by atoms with van der Waals surface area (Å²) in [5.41, 5.74) is 0. The number of hydrogen-bond acceptors (Lipinski definition) is 4. The molecule has 104 valence electrons. The van der Waals surface area contributed by atoms with Crippen LogP contribution < -0.4 is 10.6 Å². The molecule has 3 heterocycles. The topological polar surface area (TPSA) is 53.6 Å². The van der Waals surface area contributed by atoms with E-state index in [2.05, 4.69) is 15.5 Å². The van der Waals surface area contributed by atoms with Crippen LogP contribution in [0.25, 0.3) is 0 Å². The smallest absolute Gasteiger partial charge is 0.233 e. The van der Waals surface area contributed by atoms with Gasteiger partial charge in [-0.05, 0) is 38.3 Å². The lowest BCUT2D eigenvalue weighted by Crippen LogP contribution is -2.57. The van der Waals surface area contributed by atoms with E-state index in [9.17, 15) is 4.79 Å². The molecule has 2 bridgehead atoms. The molecule has 5 heteroatoms. The molecule has 3 aliphatic rings. The molecule has 1 amide bonds. The fourth-order valence-electron chi connectivity index (χ4n) is 2.93. The maximum Gasteiger partial charge on any atom is 0.233 e. The molecule has 18 heavy (non-hydrogen) atoms. The van der Waals surface area contributed by atoms with Crippen LogP contribution in [0.1, 0.15) is 19.3 Å². The number of carbonyl (C=O) groups excluding carboxylic acids is 1. The Kier molecular flexibility index (Phi) is 5.41. The maximum atomic E-state index is 11.6. The van der Waals surface area contributed by atoms with Gasteiger partial charge in [-0.25, -0.2) is 0 Å². The minimum Gasteiger partial charge on any atom is -0.385 e. The van der Waals surface area contributed by atoms with Crippen molar-refractivity contribution in [2.24, 2.45) is 5.92 Å². The van der Waals surface area contributed by atoms with Crippen molar-refractivity contribution in [2.45, 2.75) is 25.3 Å². The zero-order chi connectivity index (χ0) is 12.8. The van der Waals surface area contributed by atoms with Crippen molar-refractivity contribution in [3.8, 4) is 0 Å². The summed E-state index contributed by atoms with van der Waals surface area (Å²) in [4.78, 5) is 14.1. The van der Waals surface area contributed by atoms with Gasteiger partial charge in [-0.3, -0.25) is 4.79 Å². The standard InChI is InChI=1S/C13H25N3O2/c1-18-8-2-5-14-13(17)9-15-12-10-16-6-3-11(12)4-7-16/h11-12,15H,2-10H2,1H3,(H,14,17). The first kappa shape index (κ1) is 13.8. The highest BCUT2D eigenvalue weighted by molar-refractivity contribution is 5.77. The molecule has 0 radical (unpaired) electrons. The normalized spacial score (nSPS) is 30.4. The van der Waals surface area contributed by atoms with E-state index in [-0.39, 0.29) is 5.91 Å². The summed E-state index contributed by atoms with van der Waals surface area (Å²) in [6, 6.07) is 0.511. The number of hydrogen-bond donors (Lipinski definition) is 2. The van der Waals surface area contributed by atoms with Crippen molar-refractivity contribution >= 4 is 5.91 Å². The molecule has 3 saturated heterocycles. The number of amides is 1. The molecule has 1 unspecified atom stereocenters. The Hall–Kier alpha value is -0.650. The van der Waals surface area contributed by atoms with Crippen LogP contribution in [-0.2, 0) is 9.53 Å². The highest BCUT2D eigenvalue weighted by Crippen LogP contribution is 2.27. The second-order valence-corrected chi connectivity index (χ2v) is 5.32. The Morgan fingerprint density at radius 3 is 2.78 bits per heavy atom. The van der Waals surface area contributed by atoms with Crippen molar-refractivity contribution in [3.05, 3.63) is 0 Å². The predicted molar refractivity (Wildman–Crippen MR) is 70.5 cm³/mol. The maximum absolute atomic E-state index is 11.6. The van der Waals surface area contributed by atoms with Gasteiger partial charge in [-0.15, -0.1) is 0 Å². The van der Waals surface area contributed by atoms with Crippen LogP contribution in [0.4, 0.5) is 0 Å². The monoisotopic (exact) mass is 255 g/mol. The fourth-order valence-corrected chi connectivity index (χ4v) is 2.93. The first-order chi connectivity index (χ1) is 8.79. The SMILES string of the molecule is COCCCNC(=O)CNC1CN2CCC1CC2. The third-order valence-electron chi connectivity index (χ3n) is 4.03. The summed E-state index contributed by atoms with van der Waals surface area (Å²) >= 11 is 0. The van der Waals surface area contributed by atoms with E-state index in [1.165, 1.54) is 25.9 Å². The number of fused-ring (bicyclic) bond motifs is 3. The van der Waals surface area contributed by atoms with Gasteiger partial charge in [0.15, 0.2) is 0 Å². The molecule has 3 aliphatic heterocycles. The quantitative estimate of drug-likeness (QED) is 0.620. The van der Waals surface area contributed by atoms with E-state index in [1.54, 1.807) is 7.11 Å². The lowest BCUT2D eigenvalue weighted by molar-refractivity contribution is -0.120. The van der Waals surface area contributed by atoms with E-state index in [0.29, 0.717) is 25.7 Å². The van der Waals surface area contributed by atoms with Gasteiger partial charge in [-0.1, -0.05) is 0 Å². The highest BCUT2D eigenvalue weighted by Gasteiger charge is 2.33. The third-order valence-corrected chi connectivity index (χ3v) is 4.03. The number of ether oxygens (including phenoxy) is 1. The van der Waals surface area contributed by atoms with Gasteiger partial charge in [0.1, 0.15) is 0 Å². The van der Waals surface area contributed by atoms with Crippen LogP contribution in [0.5, 0.6) is 0 Å². The molecule has 0 aliphatic carbocycles. The lowest BCUT2D eigenvalue weighted by Gasteiger charge is -2.45. The highest BCUT2D eigenvalue weighted by atomic mass is 16.5. The van der Waals surface area contributed by atoms with Crippen molar-refractivity contribution in [1.82, 2.24) is 15.5 Å². The van der Waals surface area contributed by atoms with E-state index in [4.69, 9.17) is 4.74 Å². The van der Waals surface area contributed by atoms with Gasteiger partial charge in [0.2, 0.25) is 5.91 Å². The molecule has 0 aromatic rings. The predicted octanol–water partition coefficient (Wildman–Crippen LogP) is -0.177. The third kappa shape index (κ3) is 3.93. The molecular weight excluding hydrogens is 230 g/mol. The van der Waals surface area contributed by atoms with Gasteiger partial charge in [0.05, 0.1) is 6.54 Å². The molecule has 3 rings (SSSR count). The van der Waals surface area contributed by atoms with Gasteiger partial charge in [0.25, 0.3) is 0 Å². The number of piperidine rings is 3. The number of nitrogens with one attached hydrogen (secondary N) is 2. The zero-order valence-corrected chi connectivity index (χ0v) is 11.3.